The number of carbonyl (C=O) groups excluding carboxylic acids is 2. The molecule has 6 heteroatoms. The van der Waals surface area contributed by atoms with Gasteiger partial charge in [0.1, 0.15) is 4.88 Å². The highest BCUT2D eigenvalue weighted by Gasteiger charge is 2.15. The number of amides is 1. The van der Waals surface area contributed by atoms with Crippen LogP contribution in [0.1, 0.15) is 21.0 Å². The molecular formula is C13H13NO3S2. The van der Waals surface area contributed by atoms with Crippen LogP contribution in [0.2, 0.25) is 0 Å². The second-order valence-corrected chi connectivity index (χ2v) is 5.73. The molecule has 0 spiro atoms. The SMILES string of the molecule is COC(=O)c1sccc1NC(=O)CCc1cccs1. The largest absolute Gasteiger partial charge is 0.465 e. The monoisotopic (exact) mass is 295 g/mol. The van der Waals surface area contributed by atoms with Crippen LogP contribution >= 0.6 is 22.7 Å². The van der Waals surface area contributed by atoms with Crippen molar-refractivity contribution in [2.45, 2.75) is 12.8 Å². The molecule has 0 aromatic carbocycles. The third kappa shape index (κ3) is 3.65. The van der Waals surface area contributed by atoms with E-state index in [0.717, 1.165) is 0 Å². The zero-order chi connectivity index (χ0) is 13.7. The van der Waals surface area contributed by atoms with Crippen molar-refractivity contribution < 1.29 is 14.3 Å². The van der Waals surface area contributed by atoms with Crippen molar-refractivity contribution in [3.63, 3.8) is 0 Å². The zero-order valence-electron chi connectivity index (χ0n) is 10.3. The number of aryl methyl sites for hydroxylation is 1. The van der Waals surface area contributed by atoms with E-state index < -0.39 is 5.97 Å². The highest BCUT2D eigenvalue weighted by molar-refractivity contribution is 7.12. The predicted molar refractivity (Wildman–Crippen MR) is 76.9 cm³/mol. The van der Waals surface area contributed by atoms with Gasteiger partial charge in [0.05, 0.1) is 12.8 Å². The average Bonchev–Trinajstić information content (AvgIpc) is 3.06. The Morgan fingerprint density at radius 2 is 2.11 bits per heavy atom. The second kappa shape index (κ2) is 6.49. The van der Waals surface area contributed by atoms with Crippen LogP contribution in [-0.2, 0) is 16.0 Å². The Bertz CT molecular complexity index is 560. The minimum absolute atomic E-state index is 0.100. The fourth-order valence-electron chi connectivity index (χ4n) is 1.56. The minimum atomic E-state index is -0.427. The second-order valence-electron chi connectivity index (χ2n) is 3.78. The number of thiophene rings is 2. The van der Waals surface area contributed by atoms with E-state index in [1.165, 1.54) is 23.3 Å². The summed E-state index contributed by atoms with van der Waals surface area (Å²) in [5.41, 5.74) is 0.521. The van der Waals surface area contributed by atoms with Gasteiger partial charge < -0.3 is 10.1 Å². The Morgan fingerprint density at radius 3 is 2.79 bits per heavy atom. The predicted octanol–water partition coefficient (Wildman–Crippen LogP) is 3.17. The molecule has 100 valence electrons. The van der Waals surface area contributed by atoms with E-state index in [4.69, 9.17) is 0 Å². The summed E-state index contributed by atoms with van der Waals surface area (Å²) in [7, 11) is 1.32. The van der Waals surface area contributed by atoms with Gasteiger partial charge in [-0.1, -0.05) is 6.07 Å². The summed E-state index contributed by atoms with van der Waals surface area (Å²) in [5, 5.41) is 6.48. The van der Waals surface area contributed by atoms with Gasteiger partial charge in [0.25, 0.3) is 0 Å². The number of methoxy groups -OCH3 is 1. The molecule has 0 aliphatic heterocycles. The van der Waals surface area contributed by atoms with Crippen molar-refractivity contribution in [2.75, 3.05) is 12.4 Å². The zero-order valence-corrected chi connectivity index (χ0v) is 12.0. The molecule has 0 aliphatic rings. The van der Waals surface area contributed by atoms with Crippen LogP contribution in [0.25, 0.3) is 0 Å². The number of carbonyl (C=O) groups is 2. The normalized spacial score (nSPS) is 10.2. The lowest BCUT2D eigenvalue weighted by molar-refractivity contribution is -0.116. The van der Waals surface area contributed by atoms with Gasteiger partial charge in [-0.15, -0.1) is 22.7 Å². The summed E-state index contributed by atoms with van der Waals surface area (Å²) in [6.45, 7) is 0. The molecule has 0 radical (unpaired) electrons. The maximum absolute atomic E-state index is 11.8. The maximum atomic E-state index is 11.8. The van der Waals surface area contributed by atoms with Crippen LogP contribution in [0, 0.1) is 0 Å². The smallest absolute Gasteiger partial charge is 0.350 e. The van der Waals surface area contributed by atoms with Crippen molar-refractivity contribution in [1.82, 2.24) is 0 Å². The molecule has 1 amide bonds. The highest BCUT2D eigenvalue weighted by Crippen LogP contribution is 2.23. The molecule has 1 N–H and O–H groups in total. The Hall–Kier alpha value is -1.66. The lowest BCUT2D eigenvalue weighted by Gasteiger charge is -2.04. The fourth-order valence-corrected chi connectivity index (χ4v) is 3.04. The first kappa shape index (κ1) is 13.8. The van der Waals surface area contributed by atoms with Crippen LogP contribution in [0.15, 0.2) is 29.0 Å². The molecule has 2 heterocycles. The van der Waals surface area contributed by atoms with Crippen LogP contribution in [0.4, 0.5) is 5.69 Å². The number of hydrogen-bond donors (Lipinski definition) is 1. The van der Waals surface area contributed by atoms with Crippen molar-refractivity contribution in [3.8, 4) is 0 Å². The highest BCUT2D eigenvalue weighted by atomic mass is 32.1. The Labute approximate surface area is 119 Å². The lowest BCUT2D eigenvalue weighted by atomic mass is 10.2. The van der Waals surface area contributed by atoms with E-state index in [9.17, 15) is 9.59 Å². The molecule has 2 aromatic rings. The van der Waals surface area contributed by atoms with Crippen molar-refractivity contribution >= 4 is 40.2 Å². The number of anilines is 1. The molecule has 0 atom stereocenters. The van der Waals surface area contributed by atoms with E-state index in [2.05, 4.69) is 10.1 Å². The van der Waals surface area contributed by atoms with Crippen LogP contribution in [0.3, 0.4) is 0 Å². The maximum Gasteiger partial charge on any atom is 0.350 e. The summed E-state index contributed by atoms with van der Waals surface area (Å²) >= 11 is 2.89. The van der Waals surface area contributed by atoms with Crippen molar-refractivity contribution in [1.29, 1.82) is 0 Å². The van der Waals surface area contributed by atoms with Crippen LogP contribution in [-0.4, -0.2) is 19.0 Å². The molecule has 0 saturated carbocycles. The van der Waals surface area contributed by atoms with Gasteiger partial charge in [-0.3, -0.25) is 4.79 Å². The first-order valence-electron chi connectivity index (χ1n) is 5.68. The number of ether oxygens (including phenoxy) is 1. The molecule has 2 aromatic heterocycles. The fraction of sp³-hybridized carbons (Fsp3) is 0.231. The van der Waals surface area contributed by atoms with Gasteiger partial charge in [-0.2, -0.15) is 0 Å². The number of hydrogen-bond acceptors (Lipinski definition) is 5. The Morgan fingerprint density at radius 1 is 1.26 bits per heavy atom. The van der Waals surface area contributed by atoms with E-state index in [1.54, 1.807) is 22.8 Å². The first-order chi connectivity index (χ1) is 9.20. The topological polar surface area (TPSA) is 55.4 Å². The summed E-state index contributed by atoms with van der Waals surface area (Å²) in [6, 6.07) is 5.68. The van der Waals surface area contributed by atoms with Crippen LogP contribution < -0.4 is 5.32 Å². The molecule has 19 heavy (non-hydrogen) atoms. The summed E-state index contributed by atoms with van der Waals surface area (Å²) in [5.74, 6) is -0.527. The molecule has 0 aliphatic carbocycles. The quantitative estimate of drug-likeness (QED) is 0.862. The molecule has 2 rings (SSSR count). The molecular weight excluding hydrogens is 282 g/mol. The average molecular weight is 295 g/mol. The van der Waals surface area contributed by atoms with E-state index in [0.29, 0.717) is 23.4 Å². The van der Waals surface area contributed by atoms with Gasteiger partial charge in [0.15, 0.2) is 0 Å². The van der Waals surface area contributed by atoms with E-state index in [1.807, 2.05) is 17.5 Å². The van der Waals surface area contributed by atoms with Gasteiger partial charge in [-0.05, 0) is 29.3 Å². The Kier molecular flexibility index (Phi) is 4.70. The molecule has 0 fully saturated rings. The number of rotatable bonds is 5. The summed E-state index contributed by atoms with van der Waals surface area (Å²) in [4.78, 5) is 24.9. The number of esters is 1. The minimum Gasteiger partial charge on any atom is -0.465 e. The van der Waals surface area contributed by atoms with Gasteiger partial charge in [0.2, 0.25) is 5.91 Å². The van der Waals surface area contributed by atoms with Gasteiger partial charge in [0, 0.05) is 11.3 Å². The van der Waals surface area contributed by atoms with Crippen molar-refractivity contribution in [2.24, 2.45) is 0 Å². The van der Waals surface area contributed by atoms with Gasteiger partial charge >= 0.3 is 5.97 Å². The third-order valence-electron chi connectivity index (χ3n) is 2.49. The number of nitrogens with one attached hydrogen (secondary N) is 1. The lowest BCUT2D eigenvalue weighted by Crippen LogP contribution is -2.14. The van der Waals surface area contributed by atoms with Crippen LogP contribution in [0.5, 0.6) is 0 Å². The Balaban J connectivity index is 1.92. The van der Waals surface area contributed by atoms with E-state index in [-0.39, 0.29) is 5.91 Å². The van der Waals surface area contributed by atoms with Gasteiger partial charge in [-0.25, -0.2) is 4.79 Å². The molecule has 0 bridgehead atoms. The summed E-state index contributed by atoms with van der Waals surface area (Å²) in [6.07, 6.45) is 1.11. The summed E-state index contributed by atoms with van der Waals surface area (Å²) < 4.78 is 4.66. The molecule has 0 saturated heterocycles. The first-order valence-corrected chi connectivity index (χ1v) is 7.44. The van der Waals surface area contributed by atoms with Crippen molar-refractivity contribution in [3.05, 3.63) is 38.7 Å². The van der Waals surface area contributed by atoms with E-state index >= 15 is 0 Å². The third-order valence-corrected chi connectivity index (χ3v) is 4.32. The standard InChI is InChI=1S/C13H13NO3S2/c1-17-13(16)12-10(6-8-19-12)14-11(15)5-4-9-3-2-7-18-9/h2-3,6-8H,4-5H2,1H3,(H,14,15). The molecule has 0 unspecified atom stereocenters. The molecule has 4 nitrogen and oxygen atoms in total.